The molecule has 184 valence electrons. The number of hydrogen-bond acceptors (Lipinski definition) is 6. The molecule has 1 aromatic carbocycles. The zero-order valence-electron chi connectivity index (χ0n) is 20.9. The van der Waals surface area contributed by atoms with Crippen molar-refractivity contribution in [2.75, 3.05) is 19.6 Å². The standard InChI is InChI=1S/C29H35N3OS2/c1-5-21(6-2)26-16-23(25-9-8-20(14-19(25)4)15-24(33)7-3)17-31-29(34-26)27-18-32-28(35-27)22-10-12-30-13-11-22/h5-6,8-9,14,18,22,24,30,33H,1,7,10-13,15,17H2,2-4H3/b21-6+. The van der Waals surface area contributed by atoms with E-state index in [1.54, 1.807) is 23.1 Å². The lowest BCUT2D eigenvalue weighted by Gasteiger charge is -2.20. The summed E-state index contributed by atoms with van der Waals surface area (Å²) in [6.45, 7) is 12.9. The van der Waals surface area contributed by atoms with Crippen LogP contribution in [0.3, 0.4) is 0 Å². The number of aliphatic hydroxyl groups excluding tert-OH is 1. The summed E-state index contributed by atoms with van der Waals surface area (Å²) in [5.41, 5.74) is 9.32. The van der Waals surface area contributed by atoms with Crippen molar-refractivity contribution in [3.8, 4) is 0 Å². The first-order chi connectivity index (χ1) is 17.0. The molecule has 2 N–H and O–H groups in total. The first-order valence-electron chi connectivity index (χ1n) is 12.5. The Balaban J connectivity index is 1.66. The lowest BCUT2D eigenvalue weighted by Crippen LogP contribution is -2.26. The van der Waals surface area contributed by atoms with Crippen molar-refractivity contribution in [1.29, 1.82) is 0 Å². The number of aliphatic imine (C=N–C) groups is 1. The topological polar surface area (TPSA) is 57.5 Å². The average Bonchev–Trinajstić information content (AvgIpc) is 3.27. The Bertz CT molecular complexity index is 1190. The summed E-state index contributed by atoms with van der Waals surface area (Å²) in [7, 11) is 0. The number of thioether (sulfide) groups is 1. The molecule has 2 aliphatic rings. The van der Waals surface area contributed by atoms with Gasteiger partial charge in [-0.3, -0.25) is 4.99 Å². The normalized spacial score (nSPS) is 18.4. The summed E-state index contributed by atoms with van der Waals surface area (Å²) in [6, 6.07) is 6.46. The second-order valence-corrected chi connectivity index (χ2v) is 11.2. The van der Waals surface area contributed by atoms with Gasteiger partial charge >= 0.3 is 0 Å². The van der Waals surface area contributed by atoms with E-state index in [4.69, 9.17) is 9.98 Å². The van der Waals surface area contributed by atoms with Crippen LogP contribution in [0.5, 0.6) is 0 Å². The van der Waals surface area contributed by atoms with Crippen molar-refractivity contribution in [2.24, 2.45) is 4.99 Å². The van der Waals surface area contributed by atoms with Crippen molar-refractivity contribution in [3.05, 3.63) is 85.9 Å². The number of aromatic nitrogens is 1. The lowest BCUT2D eigenvalue weighted by atomic mass is 9.96. The minimum absolute atomic E-state index is 0.300. The number of allylic oxidation sites excluding steroid dienone is 2. The zero-order valence-corrected chi connectivity index (χ0v) is 22.6. The number of benzene rings is 1. The SMILES string of the molecule is C=C/C(=C\C)C1=C=C(c2ccc(CC(O)CC)cc2C)CN=C(c2cnc(C3CCNCC3)s2)S1. The highest BCUT2D eigenvalue weighted by Gasteiger charge is 2.22. The minimum Gasteiger partial charge on any atom is -0.393 e. The third-order valence-corrected chi connectivity index (χ3v) is 9.00. The van der Waals surface area contributed by atoms with Gasteiger partial charge in [0.2, 0.25) is 0 Å². The maximum Gasteiger partial charge on any atom is 0.115 e. The van der Waals surface area contributed by atoms with Gasteiger partial charge in [0.1, 0.15) is 5.04 Å². The summed E-state index contributed by atoms with van der Waals surface area (Å²) in [5, 5.41) is 15.7. The predicted molar refractivity (Wildman–Crippen MR) is 152 cm³/mol. The van der Waals surface area contributed by atoms with Gasteiger partial charge in [0.05, 0.1) is 27.4 Å². The van der Waals surface area contributed by atoms with Crippen LogP contribution in [0, 0.1) is 6.92 Å². The summed E-state index contributed by atoms with van der Waals surface area (Å²) in [5.74, 6) is 0.543. The van der Waals surface area contributed by atoms with Crippen LogP contribution in [0.1, 0.15) is 65.6 Å². The molecule has 4 rings (SSSR count). The van der Waals surface area contributed by atoms with Crippen molar-refractivity contribution in [1.82, 2.24) is 10.3 Å². The molecule has 0 saturated carbocycles. The molecule has 1 saturated heterocycles. The first-order valence-corrected chi connectivity index (χ1v) is 14.1. The molecule has 0 bridgehead atoms. The molecule has 4 nitrogen and oxygen atoms in total. The third kappa shape index (κ3) is 6.32. The van der Waals surface area contributed by atoms with Gasteiger partial charge in [0, 0.05) is 17.7 Å². The number of hydrogen-bond donors (Lipinski definition) is 2. The summed E-state index contributed by atoms with van der Waals surface area (Å²) in [4.78, 5) is 12.0. The van der Waals surface area contributed by atoms with E-state index in [1.165, 1.54) is 10.6 Å². The van der Waals surface area contributed by atoms with E-state index in [9.17, 15) is 5.11 Å². The van der Waals surface area contributed by atoms with E-state index in [0.29, 0.717) is 18.9 Å². The number of thiazole rings is 1. The van der Waals surface area contributed by atoms with Gasteiger partial charge in [-0.15, -0.1) is 11.3 Å². The fourth-order valence-electron chi connectivity index (χ4n) is 4.49. The van der Waals surface area contributed by atoms with E-state index >= 15 is 0 Å². The molecule has 0 aliphatic carbocycles. The Kier molecular flexibility index (Phi) is 8.99. The summed E-state index contributed by atoms with van der Waals surface area (Å²) in [6.07, 6.45) is 9.41. The lowest BCUT2D eigenvalue weighted by molar-refractivity contribution is 0.171. The molecule has 1 unspecified atom stereocenters. The van der Waals surface area contributed by atoms with Gasteiger partial charge < -0.3 is 10.4 Å². The molecular formula is C29H35N3OS2. The largest absolute Gasteiger partial charge is 0.393 e. The van der Waals surface area contributed by atoms with E-state index in [-0.39, 0.29) is 6.10 Å². The summed E-state index contributed by atoms with van der Waals surface area (Å²) >= 11 is 3.45. The number of piperidine rings is 1. The number of nitrogens with one attached hydrogen (secondary N) is 1. The molecule has 6 heteroatoms. The Labute approximate surface area is 217 Å². The van der Waals surface area contributed by atoms with Gasteiger partial charge in [0.15, 0.2) is 0 Å². The van der Waals surface area contributed by atoms with Crippen molar-refractivity contribution >= 4 is 33.7 Å². The predicted octanol–water partition coefficient (Wildman–Crippen LogP) is 6.42. The maximum atomic E-state index is 10.1. The molecule has 0 amide bonds. The molecule has 1 atom stereocenters. The van der Waals surface area contributed by atoms with Crippen LogP contribution in [-0.2, 0) is 6.42 Å². The van der Waals surface area contributed by atoms with Crippen molar-refractivity contribution < 1.29 is 5.11 Å². The van der Waals surface area contributed by atoms with Gasteiger partial charge in [0.25, 0.3) is 0 Å². The fourth-order valence-corrected chi connectivity index (χ4v) is 6.70. The fraction of sp³-hybridized carbons (Fsp3) is 0.414. The first kappa shape index (κ1) is 25.9. The molecule has 0 spiro atoms. The van der Waals surface area contributed by atoms with Crippen LogP contribution in [-0.4, -0.2) is 40.9 Å². The Hall–Kier alpha value is -2.21. The molecule has 1 fully saturated rings. The quantitative estimate of drug-likeness (QED) is 0.321. The Morgan fingerprint density at radius 3 is 2.83 bits per heavy atom. The van der Waals surface area contributed by atoms with Gasteiger partial charge in [-0.25, -0.2) is 4.98 Å². The number of aliphatic hydroxyl groups is 1. The van der Waals surface area contributed by atoms with Crippen LogP contribution < -0.4 is 5.32 Å². The van der Waals surface area contributed by atoms with Gasteiger partial charge in [-0.05, 0) is 74.9 Å². The average molecular weight is 506 g/mol. The van der Waals surface area contributed by atoms with E-state index in [1.807, 2.05) is 26.1 Å². The monoisotopic (exact) mass is 505 g/mol. The highest BCUT2D eigenvalue weighted by molar-refractivity contribution is 8.18. The Morgan fingerprint density at radius 2 is 2.14 bits per heavy atom. The highest BCUT2D eigenvalue weighted by atomic mass is 32.2. The molecule has 0 radical (unpaired) electrons. The molecule has 1 aromatic heterocycles. The maximum absolute atomic E-state index is 10.1. The molecule has 2 aromatic rings. The van der Waals surface area contributed by atoms with Crippen LogP contribution >= 0.6 is 23.1 Å². The van der Waals surface area contributed by atoms with E-state index < -0.39 is 0 Å². The van der Waals surface area contributed by atoms with Crippen molar-refractivity contribution in [3.63, 3.8) is 0 Å². The second-order valence-electron chi connectivity index (χ2n) is 9.11. The van der Waals surface area contributed by atoms with Crippen LogP contribution in [0.2, 0.25) is 0 Å². The van der Waals surface area contributed by atoms with E-state index in [2.05, 4.69) is 48.8 Å². The van der Waals surface area contributed by atoms with Crippen LogP contribution in [0.4, 0.5) is 0 Å². The van der Waals surface area contributed by atoms with Gasteiger partial charge in [-0.2, -0.15) is 0 Å². The molecular weight excluding hydrogens is 470 g/mol. The van der Waals surface area contributed by atoms with Crippen molar-refractivity contribution in [2.45, 2.75) is 58.5 Å². The molecule has 2 aliphatic heterocycles. The molecule has 3 heterocycles. The van der Waals surface area contributed by atoms with Crippen LogP contribution in [0.25, 0.3) is 5.57 Å². The Morgan fingerprint density at radius 1 is 1.34 bits per heavy atom. The minimum atomic E-state index is -0.300. The highest BCUT2D eigenvalue weighted by Crippen LogP contribution is 2.36. The molecule has 35 heavy (non-hydrogen) atoms. The number of aryl methyl sites for hydroxylation is 1. The zero-order chi connectivity index (χ0) is 24.8. The van der Waals surface area contributed by atoms with Gasteiger partial charge in [-0.1, -0.05) is 61.3 Å². The third-order valence-electron chi connectivity index (χ3n) is 6.62. The van der Waals surface area contributed by atoms with Crippen LogP contribution in [0.15, 0.2) is 64.3 Å². The second kappa shape index (κ2) is 12.2. The number of nitrogens with zero attached hydrogens (tertiary/aromatic N) is 2. The van der Waals surface area contributed by atoms with E-state index in [0.717, 1.165) is 69.5 Å². The number of rotatable bonds is 8. The smallest absolute Gasteiger partial charge is 0.115 e. The summed E-state index contributed by atoms with van der Waals surface area (Å²) < 4.78 is 0.